The summed E-state index contributed by atoms with van der Waals surface area (Å²) < 4.78 is 53.4. The number of methoxy groups -OCH3 is 1. The first-order chi connectivity index (χ1) is 5.96. The van der Waals surface area contributed by atoms with Crippen molar-refractivity contribution in [2.45, 2.75) is 6.18 Å². The van der Waals surface area contributed by atoms with E-state index in [1.807, 2.05) is 0 Å². The molecule has 0 aliphatic carbocycles. The standard InChI is InChI=1S/C8H5F4O/c1-13-6-4-2-3-5(7(6)9)8(10,11)12/h3-4H,1H3. The number of hydrogen-bond donors (Lipinski definition) is 0. The molecule has 71 valence electrons. The number of hydrogen-bond acceptors (Lipinski definition) is 1. The topological polar surface area (TPSA) is 9.23 Å². The maximum Gasteiger partial charge on any atom is 0.419 e. The Balaban J connectivity index is 3.24. The summed E-state index contributed by atoms with van der Waals surface area (Å²) in [5, 5.41) is 0. The van der Waals surface area contributed by atoms with Gasteiger partial charge in [-0.15, -0.1) is 0 Å². The zero-order chi connectivity index (χ0) is 10.1. The zero-order valence-corrected chi connectivity index (χ0v) is 6.57. The molecule has 0 bridgehead atoms. The summed E-state index contributed by atoms with van der Waals surface area (Å²) in [6.07, 6.45) is -4.71. The van der Waals surface area contributed by atoms with Gasteiger partial charge in [0.25, 0.3) is 0 Å². The third-order valence-corrected chi connectivity index (χ3v) is 1.42. The second-order valence-corrected chi connectivity index (χ2v) is 2.25. The van der Waals surface area contributed by atoms with Crippen molar-refractivity contribution in [1.29, 1.82) is 0 Å². The Kier molecular flexibility index (Phi) is 2.45. The van der Waals surface area contributed by atoms with E-state index in [4.69, 9.17) is 0 Å². The van der Waals surface area contributed by atoms with Gasteiger partial charge in [0, 0.05) is 0 Å². The predicted molar refractivity (Wildman–Crippen MR) is 36.8 cm³/mol. The molecule has 0 atom stereocenters. The molecule has 13 heavy (non-hydrogen) atoms. The summed E-state index contributed by atoms with van der Waals surface area (Å²) in [5.74, 6) is -1.87. The van der Waals surface area contributed by atoms with Gasteiger partial charge in [-0.3, -0.25) is 0 Å². The van der Waals surface area contributed by atoms with Crippen LogP contribution in [0.25, 0.3) is 0 Å². The number of alkyl halides is 3. The number of rotatable bonds is 1. The zero-order valence-electron chi connectivity index (χ0n) is 6.57. The lowest BCUT2D eigenvalue weighted by atomic mass is 10.2. The van der Waals surface area contributed by atoms with Gasteiger partial charge < -0.3 is 4.74 Å². The van der Waals surface area contributed by atoms with Crippen LogP contribution in [0.5, 0.6) is 5.75 Å². The van der Waals surface area contributed by atoms with Gasteiger partial charge in [0.05, 0.1) is 12.7 Å². The summed E-state index contributed by atoms with van der Waals surface area (Å²) >= 11 is 0. The fourth-order valence-corrected chi connectivity index (χ4v) is 0.815. The van der Waals surface area contributed by atoms with Crippen molar-refractivity contribution in [2.75, 3.05) is 7.11 Å². The van der Waals surface area contributed by atoms with Crippen LogP contribution < -0.4 is 4.74 Å². The molecular formula is C8H5F4O. The molecule has 1 rings (SSSR count). The van der Waals surface area contributed by atoms with Gasteiger partial charge in [0.15, 0.2) is 11.6 Å². The molecule has 1 radical (unpaired) electrons. The summed E-state index contributed by atoms with van der Waals surface area (Å²) in [5.41, 5.74) is -1.37. The van der Waals surface area contributed by atoms with Gasteiger partial charge in [0.1, 0.15) is 0 Å². The molecule has 0 amide bonds. The normalized spacial score (nSPS) is 11.5. The second-order valence-electron chi connectivity index (χ2n) is 2.25. The van der Waals surface area contributed by atoms with E-state index in [1.54, 1.807) is 0 Å². The lowest BCUT2D eigenvalue weighted by Gasteiger charge is -2.09. The number of ether oxygens (including phenoxy) is 1. The molecule has 0 aliphatic rings. The van der Waals surface area contributed by atoms with E-state index in [0.29, 0.717) is 6.07 Å². The Hall–Kier alpha value is -1.26. The van der Waals surface area contributed by atoms with E-state index in [9.17, 15) is 17.6 Å². The highest BCUT2D eigenvalue weighted by Crippen LogP contribution is 2.34. The van der Waals surface area contributed by atoms with Crippen LogP contribution in [0.1, 0.15) is 5.56 Å². The van der Waals surface area contributed by atoms with Crippen LogP contribution in [0.3, 0.4) is 0 Å². The van der Waals surface area contributed by atoms with Crippen LogP contribution in [0.15, 0.2) is 12.1 Å². The van der Waals surface area contributed by atoms with Crippen LogP contribution in [0.4, 0.5) is 17.6 Å². The molecule has 1 nitrogen and oxygen atoms in total. The quantitative estimate of drug-likeness (QED) is 0.623. The summed E-state index contributed by atoms with van der Waals surface area (Å²) in [6, 6.07) is 3.69. The van der Waals surface area contributed by atoms with Crippen molar-refractivity contribution >= 4 is 0 Å². The molecule has 1 aromatic rings. The van der Waals surface area contributed by atoms with Crippen molar-refractivity contribution in [3.63, 3.8) is 0 Å². The molecule has 0 aliphatic heterocycles. The third kappa shape index (κ3) is 1.91. The highest BCUT2D eigenvalue weighted by Gasteiger charge is 2.35. The molecule has 5 heteroatoms. The lowest BCUT2D eigenvalue weighted by Crippen LogP contribution is -2.08. The van der Waals surface area contributed by atoms with Crippen LogP contribution in [0, 0.1) is 11.9 Å². The van der Waals surface area contributed by atoms with Gasteiger partial charge in [-0.25, -0.2) is 4.39 Å². The molecular weight excluding hydrogens is 188 g/mol. The van der Waals surface area contributed by atoms with E-state index in [2.05, 4.69) is 10.8 Å². The van der Waals surface area contributed by atoms with Crippen LogP contribution in [0.2, 0.25) is 0 Å². The van der Waals surface area contributed by atoms with Crippen LogP contribution in [-0.4, -0.2) is 7.11 Å². The molecule has 0 N–H and O–H groups in total. The summed E-state index contributed by atoms with van der Waals surface area (Å²) in [7, 11) is 1.09. The first kappa shape index (κ1) is 9.83. The monoisotopic (exact) mass is 193 g/mol. The van der Waals surface area contributed by atoms with Crippen LogP contribution in [-0.2, 0) is 6.18 Å². The van der Waals surface area contributed by atoms with E-state index >= 15 is 0 Å². The minimum atomic E-state index is -4.71. The van der Waals surface area contributed by atoms with Crippen molar-refractivity contribution in [2.24, 2.45) is 0 Å². The van der Waals surface area contributed by atoms with Gasteiger partial charge in [-0.2, -0.15) is 13.2 Å². The fourth-order valence-electron chi connectivity index (χ4n) is 0.815. The Bertz CT molecular complexity index is 306. The Morgan fingerprint density at radius 1 is 1.31 bits per heavy atom. The van der Waals surface area contributed by atoms with Gasteiger partial charge in [-0.1, -0.05) is 0 Å². The Morgan fingerprint density at radius 2 is 1.92 bits per heavy atom. The minimum Gasteiger partial charge on any atom is -0.494 e. The smallest absolute Gasteiger partial charge is 0.419 e. The fraction of sp³-hybridized carbons (Fsp3) is 0.250. The number of benzene rings is 1. The largest absolute Gasteiger partial charge is 0.494 e. The average molecular weight is 193 g/mol. The van der Waals surface area contributed by atoms with E-state index in [-0.39, 0.29) is 0 Å². The van der Waals surface area contributed by atoms with Crippen LogP contribution >= 0.6 is 0 Å². The molecule has 0 unspecified atom stereocenters. The summed E-state index contributed by atoms with van der Waals surface area (Å²) in [6.45, 7) is 0. The Morgan fingerprint density at radius 3 is 2.38 bits per heavy atom. The van der Waals surface area contributed by atoms with Crippen molar-refractivity contribution in [1.82, 2.24) is 0 Å². The van der Waals surface area contributed by atoms with E-state index in [0.717, 1.165) is 13.2 Å². The van der Waals surface area contributed by atoms with Crippen molar-refractivity contribution < 1.29 is 22.3 Å². The maximum absolute atomic E-state index is 12.9. The SMILES string of the molecule is COc1c[c]cc(C(F)(F)F)c1F. The molecule has 0 aromatic heterocycles. The minimum absolute atomic E-state index is 0.463. The molecule has 0 spiro atoms. The molecule has 0 fully saturated rings. The third-order valence-electron chi connectivity index (χ3n) is 1.42. The predicted octanol–water partition coefficient (Wildman–Crippen LogP) is 2.65. The first-order valence-corrected chi connectivity index (χ1v) is 3.27. The molecule has 0 saturated heterocycles. The van der Waals surface area contributed by atoms with Gasteiger partial charge in [0.2, 0.25) is 0 Å². The second kappa shape index (κ2) is 3.24. The highest BCUT2D eigenvalue weighted by atomic mass is 19.4. The first-order valence-electron chi connectivity index (χ1n) is 3.27. The van der Waals surface area contributed by atoms with Gasteiger partial charge >= 0.3 is 6.18 Å². The highest BCUT2D eigenvalue weighted by molar-refractivity contribution is 5.31. The van der Waals surface area contributed by atoms with E-state index in [1.165, 1.54) is 0 Å². The molecule has 0 saturated carbocycles. The summed E-state index contributed by atoms with van der Waals surface area (Å²) in [4.78, 5) is 0. The van der Waals surface area contributed by atoms with Crippen molar-refractivity contribution in [3.05, 3.63) is 29.6 Å². The van der Waals surface area contributed by atoms with Gasteiger partial charge in [-0.05, 0) is 18.2 Å². The Labute approximate surface area is 71.9 Å². The van der Waals surface area contributed by atoms with E-state index < -0.39 is 23.3 Å². The molecule has 0 heterocycles. The maximum atomic E-state index is 12.9. The lowest BCUT2D eigenvalue weighted by molar-refractivity contribution is -0.140. The average Bonchev–Trinajstić information content (AvgIpc) is 2.02. The van der Waals surface area contributed by atoms with Crippen molar-refractivity contribution in [3.8, 4) is 5.75 Å². The molecule has 1 aromatic carbocycles. The number of halogens is 4.